The molecule has 0 unspecified atom stereocenters. The van der Waals surface area contributed by atoms with E-state index in [0.717, 1.165) is 10.8 Å². The third-order valence-corrected chi connectivity index (χ3v) is 2.65. The fourth-order valence-electron chi connectivity index (χ4n) is 1.56. The predicted molar refractivity (Wildman–Crippen MR) is 63.8 cm³/mol. The number of hydrogen-bond acceptors (Lipinski definition) is 1. The van der Waals surface area contributed by atoms with Gasteiger partial charge < -0.3 is 0 Å². The molecule has 2 aromatic carbocycles. The second-order valence-electron chi connectivity index (χ2n) is 3.19. The molecule has 0 aromatic heterocycles. The molecule has 0 spiro atoms. The van der Waals surface area contributed by atoms with Gasteiger partial charge in [0.15, 0.2) is 10.6 Å². The lowest BCUT2D eigenvalue weighted by atomic mass is 10.0. The van der Waals surface area contributed by atoms with Gasteiger partial charge in [0.05, 0.1) is 0 Å². The zero-order chi connectivity index (χ0) is 10.8. The number of benzene rings is 2. The monoisotopic (exact) mass is 238 g/mol. The van der Waals surface area contributed by atoms with E-state index in [9.17, 15) is 4.79 Å². The van der Waals surface area contributed by atoms with Crippen molar-refractivity contribution in [2.24, 2.45) is 0 Å². The van der Waals surface area contributed by atoms with Gasteiger partial charge in [0.1, 0.15) is 0 Å². The van der Waals surface area contributed by atoms with E-state index in [2.05, 4.69) is 0 Å². The summed E-state index contributed by atoms with van der Waals surface area (Å²) < 4.78 is 0. The highest BCUT2D eigenvalue weighted by molar-refractivity contribution is 6.55. The third-order valence-electron chi connectivity index (χ3n) is 2.25. The molecule has 0 amide bonds. The standard InChI is InChI=1S/C12H8Cl2O/c13-12(14)11(15)10-7-3-5-8-4-1-2-6-9(8)10/h1-7,12H. The second kappa shape index (κ2) is 4.21. The SMILES string of the molecule is O=C(c1cccc2ccccc12)C(Cl)Cl. The summed E-state index contributed by atoms with van der Waals surface area (Å²) in [4.78, 5) is 10.7. The number of fused-ring (bicyclic) bond motifs is 1. The maximum atomic E-state index is 11.7. The van der Waals surface area contributed by atoms with Crippen LogP contribution in [0.15, 0.2) is 42.5 Å². The quantitative estimate of drug-likeness (QED) is 0.575. The minimum absolute atomic E-state index is 0.255. The van der Waals surface area contributed by atoms with Gasteiger partial charge in [-0.25, -0.2) is 0 Å². The molecule has 76 valence electrons. The van der Waals surface area contributed by atoms with Crippen LogP contribution in [-0.2, 0) is 0 Å². The largest absolute Gasteiger partial charge is 0.291 e. The molecule has 0 fully saturated rings. The van der Waals surface area contributed by atoms with Crippen LogP contribution >= 0.6 is 23.2 Å². The number of alkyl halides is 2. The minimum atomic E-state index is -1.00. The molecule has 0 atom stereocenters. The van der Waals surface area contributed by atoms with Crippen LogP contribution < -0.4 is 0 Å². The number of Topliss-reactive ketones (excluding diaryl/α,β-unsaturated/α-hetero) is 1. The molecule has 15 heavy (non-hydrogen) atoms. The van der Waals surface area contributed by atoms with Crippen LogP contribution in [0.5, 0.6) is 0 Å². The Kier molecular flexibility index (Phi) is 2.94. The highest BCUT2D eigenvalue weighted by Gasteiger charge is 2.16. The van der Waals surface area contributed by atoms with Gasteiger partial charge in [0, 0.05) is 5.56 Å². The second-order valence-corrected chi connectivity index (χ2v) is 4.29. The van der Waals surface area contributed by atoms with Crippen molar-refractivity contribution in [2.75, 3.05) is 0 Å². The Morgan fingerprint density at radius 3 is 2.40 bits per heavy atom. The van der Waals surface area contributed by atoms with Gasteiger partial charge >= 0.3 is 0 Å². The fraction of sp³-hybridized carbons (Fsp3) is 0.0833. The van der Waals surface area contributed by atoms with Crippen LogP contribution in [0, 0.1) is 0 Å². The van der Waals surface area contributed by atoms with Crippen molar-refractivity contribution < 1.29 is 4.79 Å². The molecule has 3 heteroatoms. The van der Waals surface area contributed by atoms with Gasteiger partial charge in [-0.05, 0) is 10.8 Å². The number of hydrogen-bond donors (Lipinski definition) is 0. The van der Waals surface area contributed by atoms with Crippen molar-refractivity contribution in [3.8, 4) is 0 Å². The molecule has 1 nitrogen and oxygen atoms in total. The summed E-state index contributed by atoms with van der Waals surface area (Å²) in [5.74, 6) is -0.255. The van der Waals surface area contributed by atoms with Crippen LogP contribution in [0.25, 0.3) is 10.8 Å². The van der Waals surface area contributed by atoms with E-state index in [4.69, 9.17) is 23.2 Å². The van der Waals surface area contributed by atoms with Gasteiger partial charge in [-0.2, -0.15) is 0 Å². The molecule has 0 aliphatic rings. The first kappa shape index (κ1) is 10.5. The summed E-state index contributed by atoms with van der Waals surface area (Å²) in [5, 5.41) is 1.90. The van der Waals surface area contributed by atoms with Crippen molar-refractivity contribution in [1.29, 1.82) is 0 Å². The van der Waals surface area contributed by atoms with Crippen LogP contribution in [0.2, 0.25) is 0 Å². The van der Waals surface area contributed by atoms with Crippen LogP contribution in [-0.4, -0.2) is 10.6 Å². The molecule has 2 aromatic rings. The molecular formula is C12H8Cl2O. The lowest BCUT2D eigenvalue weighted by Crippen LogP contribution is -2.08. The Bertz CT molecular complexity index is 500. The average molecular weight is 239 g/mol. The topological polar surface area (TPSA) is 17.1 Å². The van der Waals surface area contributed by atoms with Gasteiger partial charge in [-0.3, -0.25) is 4.79 Å². The highest BCUT2D eigenvalue weighted by atomic mass is 35.5. The van der Waals surface area contributed by atoms with E-state index in [0.29, 0.717) is 5.56 Å². The summed E-state index contributed by atoms with van der Waals surface area (Å²) in [5.41, 5.74) is 0.572. The smallest absolute Gasteiger partial charge is 0.196 e. The Hall–Kier alpha value is -1.05. The third kappa shape index (κ3) is 1.99. The van der Waals surface area contributed by atoms with E-state index in [-0.39, 0.29) is 5.78 Å². The molecule has 0 heterocycles. The van der Waals surface area contributed by atoms with Gasteiger partial charge in [0.2, 0.25) is 0 Å². The van der Waals surface area contributed by atoms with Crippen molar-refractivity contribution in [3.63, 3.8) is 0 Å². The summed E-state index contributed by atoms with van der Waals surface area (Å²) in [7, 11) is 0. The lowest BCUT2D eigenvalue weighted by Gasteiger charge is -2.05. The molecule has 0 radical (unpaired) electrons. The summed E-state index contributed by atoms with van der Waals surface area (Å²) >= 11 is 11.2. The van der Waals surface area contributed by atoms with Crippen LogP contribution in [0.4, 0.5) is 0 Å². The van der Waals surface area contributed by atoms with E-state index >= 15 is 0 Å². The Labute approximate surface area is 97.6 Å². The summed E-state index contributed by atoms with van der Waals surface area (Å²) in [6.07, 6.45) is 0. The van der Waals surface area contributed by atoms with Gasteiger partial charge in [-0.15, -0.1) is 0 Å². The summed E-state index contributed by atoms with van der Waals surface area (Å²) in [6.45, 7) is 0. The molecule has 0 saturated heterocycles. The van der Waals surface area contributed by atoms with E-state index < -0.39 is 4.84 Å². The normalized spacial score (nSPS) is 10.9. The van der Waals surface area contributed by atoms with Gasteiger partial charge in [-0.1, -0.05) is 65.7 Å². The molecule has 0 aliphatic carbocycles. The molecular weight excluding hydrogens is 231 g/mol. The molecule has 0 aliphatic heterocycles. The Morgan fingerprint density at radius 2 is 1.67 bits per heavy atom. The van der Waals surface area contributed by atoms with Crippen LogP contribution in [0.1, 0.15) is 10.4 Å². The number of rotatable bonds is 2. The molecule has 0 bridgehead atoms. The van der Waals surface area contributed by atoms with E-state index in [1.165, 1.54) is 0 Å². The number of ketones is 1. The van der Waals surface area contributed by atoms with E-state index in [1.54, 1.807) is 6.07 Å². The van der Waals surface area contributed by atoms with Crippen molar-refractivity contribution in [2.45, 2.75) is 4.84 Å². The average Bonchev–Trinajstić information content (AvgIpc) is 2.27. The predicted octanol–water partition coefficient (Wildman–Crippen LogP) is 3.83. The van der Waals surface area contributed by atoms with E-state index in [1.807, 2.05) is 36.4 Å². The molecule has 0 saturated carbocycles. The zero-order valence-corrected chi connectivity index (χ0v) is 9.29. The summed E-state index contributed by atoms with van der Waals surface area (Å²) in [6, 6.07) is 13.2. The maximum absolute atomic E-state index is 11.7. The number of carbonyl (C=O) groups is 1. The Morgan fingerprint density at radius 1 is 1.00 bits per heavy atom. The first-order chi connectivity index (χ1) is 7.20. The van der Waals surface area contributed by atoms with Crippen molar-refractivity contribution in [1.82, 2.24) is 0 Å². The fourth-order valence-corrected chi connectivity index (χ4v) is 1.79. The first-order valence-corrected chi connectivity index (χ1v) is 5.37. The molecule has 0 N–H and O–H groups in total. The Balaban J connectivity index is 2.66. The molecule has 2 rings (SSSR count). The highest BCUT2D eigenvalue weighted by Crippen LogP contribution is 2.21. The van der Waals surface area contributed by atoms with Crippen LogP contribution in [0.3, 0.4) is 0 Å². The minimum Gasteiger partial charge on any atom is -0.291 e. The first-order valence-electron chi connectivity index (χ1n) is 4.50. The number of halogens is 2. The number of carbonyl (C=O) groups excluding carboxylic acids is 1. The zero-order valence-electron chi connectivity index (χ0n) is 7.78. The lowest BCUT2D eigenvalue weighted by molar-refractivity contribution is 0.101. The van der Waals surface area contributed by atoms with Crippen molar-refractivity contribution in [3.05, 3.63) is 48.0 Å². The maximum Gasteiger partial charge on any atom is 0.196 e. The van der Waals surface area contributed by atoms with Crippen molar-refractivity contribution >= 4 is 39.8 Å². The van der Waals surface area contributed by atoms with Gasteiger partial charge in [0.25, 0.3) is 0 Å².